The Labute approximate surface area is 138 Å². The fourth-order valence-corrected chi connectivity index (χ4v) is 2.34. The predicted octanol–water partition coefficient (Wildman–Crippen LogP) is 4.11. The average molecular weight is 321 g/mol. The first-order valence-corrected chi connectivity index (χ1v) is 8.20. The molecule has 23 heavy (non-hydrogen) atoms. The lowest BCUT2D eigenvalue weighted by atomic mass is 10.0. The van der Waals surface area contributed by atoms with Gasteiger partial charge >= 0.3 is 0 Å². The Balaban J connectivity index is 2.61. The molecule has 0 bridgehead atoms. The number of Topliss-reactive ketones (excluding diaryl/α,β-unsaturated/α-hetero) is 1. The van der Waals surface area contributed by atoms with Crippen LogP contribution in [0.5, 0.6) is 11.5 Å². The minimum Gasteiger partial charge on any atom is -0.507 e. The third kappa shape index (κ3) is 5.93. The summed E-state index contributed by atoms with van der Waals surface area (Å²) in [5.74, 6) is 0.827. The van der Waals surface area contributed by atoms with Gasteiger partial charge in [0, 0.05) is 12.0 Å². The van der Waals surface area contributed by atoms with E-state index in [2.05, 4.69) is 0 Å². The van der Waals surface area contributed by atoms with Gasteiger partial charge in [-0.15, -0.1) is 0 Å². The minimum absolute atomic E-state index is 0.0370. The number of rotatable bonds is 10. The highest BCUT2D eigenvalue weighted by molar-refractivity contribution is 5.97. The molecule has 5 heteroatoms. The van der Waals surface area contributed by atoms with Crippen LogP contribution < -0.4 is 4.74 Å². The van der Waals surface area contributed by atoms with E-state index in [1.165, 1.54) is 6.92 Å². The summed E-state index contributed by atoms with van der Waals surface area (Å²) in [6, 6.07) is 3.36. The summed E-state index contributed by atoms with van der Waals surface area (Å²) in [4.78, 5) is 11.5. The standard InChI is InChI=1S/C18H27NO4/c1-4-8-15-16(11-10-14(13(3)20)18(15)21)23-12-7-6-9-17(19)22-5-2/h10-11,19,21H,4-9,12H2,1-3H3. The SMILES string of the molecule is CCCc1c(OCCCCC(=N)OCC)ccc(C(C)=O)c1O. The molecule has 0 amide bonds. The fourth-order valence-electron chi connectivity index (χ4n) is 2.34. The van der Waals surface area contributed by atoms with Crippen LogP contribution in [-0.4, -0.2) is 30.0 Å². The van der Waals surface area contributed by atoms with Crippen LogP contribution in [0.4, 0.5) is 0 Å². The monoisotopic (exact) mass is 321 g/mol. The van der Waals surface area contributed by atoms with Crippen molar-refractivity contribution < 1.29 is 19.4 Å². The molecule has 0 saturated carbocycles. The number of ether oxygens (including phenoxy) is 2. The molecule has 1 aromatic rings. The summed E-state index contributed by atoms with van der Waals surface area (Å²) < 4.78 is 10.9. The zero-order valence-corrected chi connectivity index (χ0v) is 14.3. The highest BCUT2D eigenvalue weighted by Gasteiger charge is 2.15. The number of ketones is 1. The Bertz CT molecular complexity index is 540. The molecule has 1 rings (SSSR count). The first-order valence-electron chi connectivity index (χ1n) is 8.20. The Morgan fingerprint density at radius 1 is 1.26 bits per heavy atom. The van der Waals surface area contributed by atoms with E-state index in [-0.39, 0.29) is 11.5 Å². The maximum Gasteiger partial charge on any atom is 0.180 e. The normalized spacial score (nSPS) is 10.4. The number of hydrogen-bond acceptors (Lipinski definition) is 5. The van der Waals surface area contributed by atoms with E-state index in [1.807, 2.05) is 13.8 Å². The lowest BCUT2D eigenvalue weighted by molar-refractivity contribution is 0.101. The summed E-state index contributed by atoms with van der Waals surface area (Å²) in [5, 5.41) is 17.8. The van der Waals surface area contributed by atoms with Gasteiger partial charge in [0.1, 0.15) is 11.5 Å². The Kier molecular flexibility index (Phi) is 8.16. The maximum absolute atomic E-state index is 11.5. The molecule has 1 aromatic carbocycles. The molecule has 0 heterocycles. The Morgan fingerprint density at radius 2 is 2.00 bits per heavy atom. The van der Waals surface area contributed by atoms with Crippen LogP contribution in [0.15, 0.2) is 12.1 Å². The van der Waals surface area contributed by atoms with Crippen LogP contribution in [0.2, 0.25) is 0 Å². The first kappa shape index (κ1) is 19.0. The van der Waals surface area contributed by atoms with Crippen molar-refractivity contribution in [1.82, 2.24) is 0 Å². The second-order valence-electron chi connectivity index (χ2n) is 5.41. The van der Waals surface area contributed by atoms with E-state index < -0.39 is 0 Å². The van der Waals surface area contributed by atoms with Gasteiger partial charge in [-0.2, -0.15) is 0 Å². The van der Waals surface area contributed by atoms with Gasteiger partial charge in [0.05, 0.1) is 18.8 Å². The van der Waals surface area contributed by atoms with Gasteiger partial charge in [0.15, 0.2) is 11.7 Å². The molecule has 0 aliphatic rings. The van der Waals surface area contributed by atoms with Crippen molar-refractivity contribution >= 4 is 11.7 Å². The number of phenols is 1. The predicted molar refractivity (Wildman–Crippen MR) is 90.8 cm³/mol. The highest BCUT2D eigenvalue weighted by atomic mass is 16.5. The molecule has 0 aromatic heterocycles. The molecule has 128 valence electrons. The summed E-state index contributed by atoms with van der Waals surface area (Å²) in [7, 11) is 0. The number of hydrogen-bond donors (Lipinski definition) is 2. The van der Waals surface area contributed by atoms with Crippen LogP contribution in [0.3, 0.4) is 0 Å². The van der Waals surface area contributed by atoms with Gasteiger partial charge < -0.3 is 14.6 Å². The van der Waals surface area contributed by atoms with E-state index in [0.717, 1.165) is 19.3 Å². The van der Waals surface area contributed by atoms with Crippen molar-refractivity contribution in [3.63, 3.8) is 0 Å². The molecule has 0 fully saturated rings. The third-order valence-electron chi connectivity index (χ3n) is 3.49. The molecule has 5 nitrogen and oxygen atoms in total. The second-order valence-corrected chi connectivity index (χ2v) is 5.41. The topological polar surface area (TPSA) is 79.6 Å². The van der Waals surface area contributed by atoms with Crippen LogP contribution in [0.25, 0.3) is 0 Å². The van der Waals surface area contributed by atoms with Crippen LogP contribution >= 0.6 is 0 Å². The Morgan fingerprint density at radius 3 is 2.61 bits per heavy atom. The minimum atomic E-state index is -0.152. The molecule has 0 radical (unpaired) electrons. The van der Waals surface area contributed by atoms with E-state index in [1.54, 1.807) is 12.1 Å². The van der Waals surface area contributed by atoms with Crippen molar-refractivity contribution in [3.05, 3.63) is 23.3 Å². The lowest BCUT2D eigenvalue weighted by Crippen LogP contribution is -2.06. The van der Waals surface area contributed by atoms with Gasteiger partial charge in [0.25, 0.3) is 0 Å². The molecule has 0 unspecified atom stereocenters. The van der Waals surface area contributed by atoms with Crippen LogP contribution in [0, 0.1) is 5.41 Å². The molecule has 2 N–H and O–H groups in total. The maximum atomic E-state index is 11.5. The van der Waals surface area contributed by atoms with Crippen molar-refractivity contribution in [2.75, 3.05) is 13.2 Å². The summed E-state index contributed by atoms with van der Waals surface area (Å²) in [6.07, 6.45) is 3.75. The smallest absolute Gasteiger partial charge is 0.180 e. The molecule has 0 atom stereocenters. The second kappa shape index (κ2) is 9.87. The molecular weight excluding hydrogens is 294 g/mol. The molecular formula is C18H27NO4. The van der Waals surface area contributed by atoms with E-state index in [0.29, 0.717) is 48.8 Å². The van der Waals surface area contributed by atoms with Crippen molar-refractivity contribution in [2.45, 2.75) is 52.9 Å². The summed E-state index contributed by atoms with van der Waals surface area (Å²) in [5.41, 5.74) is 1.04. The van der Waals surface area contributed by atoms with Gasteiger partial charge in [-0.05, 0) is 45.2 Å². The van der Waals surface area contributed by atoms with Crippen molar-refractivity contribution in [2.24, 2.45) is 0 Å². The lowest BCUT2D eigenvalue weighted by Gasteiger charge is -2.14. The number of phenolic OH excluding ortho intramolecular Hbond substituents is 1. The number of benzene rings is 1. The highest BCUT2D eigenvalue weighted by Crippen LogP contribution is 2.33. The van der Waals surface area contributed by atoms with Gasteiger partial charge in [-0.25, -0.2) is 0 Å². The first-order chi connectivity index (χ1) is 11.0. The number of aromatic hydroxyl groups is 1. The largest absolute Gasteiger partial charge is 0.507 e. The number of carbonyl (C=O) groups excluding carboxylic acids is 1. The fraction of sp³-hybridized carbons (Fsp3) is 0.556. The van der Waals surface area contributed by atoms with Crippen LogP contribution in [0.1, 0.15) is 62.4 Å². The molecule has 0 spiro atoms. The Hall–Kier alpha value is -2.04. The van der Waals surface area contributed by atoms with E-state index >= 15 is 0 Å². The summed E-state index contributed by atoms with van der Waals surface area (Å²) in [6.45, 7) is 6.36. The van der Waals surface area contributed by atoms with E-state index in [9.17, 15) is 9.90 Å². The van der Waals surface area contributed by atoms with Crippen molar-refractivity contribution in [3.8, 4) is 11.5 Å². The zero-order chi connectivity index (χ0) is 17.2. The molecule has 0 saturated heterocycles. The van der Waals surface area contributed by atoms with Crippen LogP contribution in [-0.2, 0) is 11.2 Å². The number of nitrogens with one attached hydrogen (secondary N) is 1. The van der Waals surface area contributed by atoms with Gasteiger partial charge in [-0.3, -0.25) is 10.2 Å². The van der Waals surface area contributed by atoms with Crippen molar-refractivity contribution in [1.29, 1.82) is 5.41 Å². The summed E-state index contributed by atoms with van der Waals surface area (Å²) >= 11 is 0. The quantitative estimate of drug-likeness (QED) is 0.294. The molecule has 0 aliphatic heterocycles. The number of carbonyl (C=O) groups is 1. The molecule has 0 aliphatic carbocycles. The zero-order valence-electron chi connectivity index (χ0n) is 14.3. The third-order valence-corrected chi connectivity index (χ3v) is 3.49. The number of unbranched alkanes of at least 4 members (excludes halogenated alkanes) is 1. The van der Waals surface area contributed by atoms with Gasteiger partial charge in [-0.1, -0.05) is 13.3 Å². The van der Waals surface area contributed by atoms with Gasteiger partial charge in [0.2, 0.25) is 0 Å². The average Bonchev–Trinajstić information content (AvgIpc) is 2.50. The van der Waals surface area contributed by atoms with E-state index in [4.69, 9.17) is 14.9 Å².